The predicted molar refractivity (Wildman–Crippen MR) is 88.4 cm³/mol. The summed E-state index contributed by atoms with van der Waals surface area (Å²) in [5, 5.41) is 7.53. The van der Waals surface area contributed by atoms with E-state index in [4.69, 9.17) is 0 Å². The van der Waals surface area contributed by atoms with E-state index in [1.165, 1.54) is 24.0 Å². The van der Waals surface area contributed by atoms with E-state index < -0.39 is 0 Å². The van der Waals surface area contributed by atoms with Crippen LogP contribution in [0, 0.1) is 6.92 Å². The van der Waals surface area contributed by atoms with Crippen molar-refractivity contribution in [2.45, 2.75) is 26.2 Å². The topological polar surface area (TPSA) is 68.3 Å². The maximum absolute atomic E-state index is 12.0. The lowest BCUT2D eigenvalue weighted by atomic mass is 10.2. The zero-order valence-electron chi connectivity index (χ0n) is 12.5. The van der Waals surface area contributed by atoms with Gasteiger partial charge in [0, 0.05) is 18.3 Å². The van der Waals surface area contributed by atoms with Crippen molar-refractivity contribution in [3.8, 4) is 9.88 Å². The lowest BCUT2D eigenvalue weighted by Gasteiger charge is -2.02. The third-order valence-corrected chi connectivity index (χ3v) is 5.06. The molecule has 0 radical (unpaired) electrons. The van der Waals surface area contributed by atoms with Gasteiger partial charge >= 0.3 is 5.97 Å². The molecule has 0 atom stereocenters. The molecule has 7 heteroatoms. The van der Waals surface area contributed by atoms with Crippen LogP contribution in [-0.2, 0) is 9.53 Å². The van der Waals surface area contributed by atoms with Crippen molar-refractivity contribution in [2.24, 2.45) is 0 Å². The molecule has 0 fully saturated rings. The van der Waals surface area contributed by atoms with Crippen molar-refractivity contribution in [3.05, 3.63) is 28.1 Å². The third kappa shape index (κ3) is 4.64. The van der Waals surface area contributed by atoms with Gasteiger partial charge in [0.1, 0.15) is 10.7 Å². The van der Waals surface area contributed by atoms with E-state index >= 15 is 0 Å². The minimum atomic E-state index is -0.221. The summed E-state index contributed by atoms with van der Waals surface area (Å²) in [6.07, 6.45) is 1.82. The summed E-state index contributed by atoms with van der Waals surface area (Å²) in [6, 6.07) is 2.07. The van der Waals surface area contributed by atoms with Crippen molar-refractivity contribution in [1.82, 2.24) is 10.3 Å². The molecule has 0 aromatic carbocycles. The summed E-state index contributed by atoms with van der Waals surface area (Å²) in [6.45, 7) is 2.57. The second kappa shape index (κ2) is 8.05. The van der Waals surface area contributed by atoms with Crippen molar-refractivity contribution in [2.75, 3.05) is 13.7 Å². The first-order valence-corrected chi connectivity index (χ1v) is 8.72. The Balaban J connectivity index is 1.79. The molecule has 0 saturated heterocycles. The number of carbonyl (C=O) groups excluding carboxylic acids is 2. The number of hydrogen-bond donors (Lipinski definition) is 1. The van der Waals surface area contributed by atoms with Crippen LogP contribution in [0.3, 0.4) is 0 Å². The van der Waals surface area contributed by atoms with Crippen molar-refractivity contribution < 1.29 is 14.3 Å². The van der Waals surface area contributed by atoms with Gasteiger partial charge < -0.3 is 10.1 Å². The van der Waals surface area contributed by atoms with Gasteiger partial charge in [0.05, 0.1) is 12.0 Å². The number of esters is 1. The quantitative estimate of drug-likeness (QED) is 0.621. The number of carbonyl (C=O) groups is 2. The van der Waals surface area contributed by atoms with Crippen molar-refractivity contribution in [3.63, 3.8) is 0 Å². The van der Waals surface area contributed by atoms with E-state index in [0.29, 0.717) is 25.1 Å². The van der Waals surface area contributed by atoms with Crippen LogP contribution in [0.4, 0.5) is 0 Å². The second-order valence-corrected chi connectivity index (χ2v) is 6.58. The highest BCUT2D eigenvalue weighted by Crippen LogP contribution is 2.29. The molecule has 0 spiro atoms. The smallest absolute Gasteiger partial charge is 0.305 e. The highest BCUT2D eigenvalue weighted by atomic mass is 32.1. The molecule has 0 aliphatic heterocycles. The standard InChI is InChI=1S/C15H18N2O3S2/c1-10-7-12(21-8-10)15-17-11(9-22-15)14(19)16-6-4-3-5-13(18)20-2/h7-9H,3-6H2,1-2H3,(H,16,19). The molecule has 0 bridgehead atoms. The van der Waals surface area contributed by atoms with Gasteiger partial charge in [-0.3, -0.25) is 9.59 Å². The van der Waals surface area contributed by atoms with Crippen LogP contribution in [0.25, 0.3) is 9.88 Å². The average molecular weight is 338 g/mol. The largest absolute Gasteiger partial charge is 0.469 e. The summed E-state index contributed by atoms with van der Waals surface area (Å²) in [4.78, 5) is 28.4. The van der Waals surface area contributed by atoms with Crippen molar-refractivity contribution in [1.29, 1.82) is 0 Å². The summed E-state index contributed by atoms with van der Waals surface area (Å²) in [7, 11) is 1.37. The zero-order valence-corrected chi connectivity index (χ0v) is 14.2. The molecular formula is C15H18N2O3S2. The van der Waals surface area contributed by atoms with E-state index in [2.05, 4.69) is 26.5 Å². The number of aryl methyl sites for hydroxylation is 1. The molecule has 2 heterocycles. The Labute approximate surface area is 137 Å². The van der Waals surface area contributed by atoms with Crippen LogP contribution in [-0.4, -0.2) is 30.5 Å². The molecule has 1 N–H and O–H groups in total. The van der Waals surface area contributed by atoms with Crippen LogP contribution < -0.4 is 5.32 Å². The minimum absolute atomic E-state index is 0.172. The van der Waals surface area contributed by atoms with E-state index in [0.717, 1.165) is 16.3 Å². The van der Waals surface area contributed by atoms with Gasteiger partial charge in [-0.05, 0) is 36.8 Å². The monoisotopic (exact) mass is 338 g/mol. The molecule has 2 aromatic rings. The average Bonchev–Trinajstić information content (AvgIpc) is 3.15. The molecule has 1 amide bonds. The van der Waals surface area contributed by atoms with Crippen LogP contribution in [0.1, 0.15) is 35.3 Å². The highest BCUT2D eigenvalue weighted by molar-refractivity contribution is 7.20. The first-order chi connectivity index (χ1) is 10.6. The number of aromatic nitrogens is 1. The normalized spacial score (nSPS) is 10.5. The van der Waals surface area contributed by atoms with Crippen molar-refractivity contribution >= 4 is 34.6 Å². The zero-order chi connectivity index (χ0) is 15.9. The Bertz CT molecular complexity index is 649. The van der Waals surface area contributed by atoms with Crippen LogP contribution in [0.5, 0.6) is 0 Å². The Morgan fingerprint density at radius 1 is 1.27 bits per heavy atom. The number of thiophene rings is 1. The molecule has 0 unspecified atom stereocenters. The SMILES string of the molecule is COC(=O)CCCCNC(=O)c1csc(-c2cc(C)cs2)n1. The van der Waals surface area contributed by atoms with Gasteiger partial charge in [-0.1, -0.05) is 0 Å². The molecular weight excluding hydrogens is 320 g/mol. The Kier molecular flexibility index (Phi) is 6.09. The van der Waals surface area contributed by atoms with E-state index in [1.54, 1.807) is 16.7 Å². The Hall–Kier alpha value is -1.73. The highest BCUT2D eigenvalue weighted by Gasteiger charge is 2.12. The van der Waals surface area contributed by atoms with Gasteiger partial charge in [-0.2, -0.15) is 0 Å². The Morgan fingerprint density at radius 3 is 2.77 bits per heavy atom. The number of nitrogens with one attached hydrogen (secondary N) is 1. The third-order valence-electron chi connectivity index (χ3n) is 3.00. The first-order valence-electron chi connectivity index (χ1n) is 6.96. The summed E-state index contributed by atoms with van der Waals surface area (Å²) >= 11 is 3.10. The lowest BCUT2D eigenvalue weighted by Crippen LogP contribution is -2.24. The molecule has 22 heavy (non-hydrogen) atoms. The molecule has 2 rings (SSSR count). The fourth-order valence-corrected chi connectivity index (χ4v) is 3.60. The van der Waals surface area contributed by atoms with Crippen LogP contribution in [0.15, 0.2) is 16.8 Å². The van der Waals surface area contributed by atoms with E-state index in [9.17, 15) is 9.59 Å². The number of amides is 1. The fourth-order valence-electron chi connectivity index (χ4n) is 1.82. The van der Waals surface area contributed by atoms with Gasteiger partial charge in [-0.25, -0.2) is 4.98 Å². The van der Waals surface area contributed by atoms with Gasteiger partial charge in [0.15, 0.2) is 0 Å². The number of nitrogens with zero attached hydrogens (tertiary/aromatic N) is 1. The molecule has 118 valence electrons. The maximum atomic E-state index is 12.0. The van der Waals surface area contributed by atoms with Gasteiger partial charge in [0.25, 0.3) is 5.91 Å². The molecule has 0 saturated carbocycles. The van der Waals surface area contributed by atoms with Crippen LogP contribution >= 0.6 is 22.7 Å². The molecule has 0 aliphatic rings. The predicted octanol–water partition coefficient (Wildman–Crippen LogP) is 3.25. The summed E-state index contributed by atoms with van der Waals surface area (Å²) in [5.41, 5.74) is 1.64. The maximum Gasteiger partial charge on any atom is 0.305 e. The number of methoxy groups -OCH3 is 1. The van der Waals surface area contributed by atoms with Gasteiger partial charge in [-0.15, -0.1) is 22.7 Å². The van der Waals surface area contributed by atoms with E-state index in [1.807, 2.05) is 6.92 Å². The second-order valence-electron chi connectivity index (χ2n) is 4.82. The number of hydrogen-bond acceptors (Lipinski definition) is 6. The lowest BCUT2D eigenvalue weighted by molar-refractivity contribution is -0.140. The van der Waals surface area contributed by atoms with E-state index in [-0.39, 0.29) is 11.9 Å². The molecule has 2 aromatic heterocycles. The molecule has 5 nitrogen and oxygen atoms in total. The summed E-state index contributed by atoms with van der Waals surface area (Å²) in [5.74, 6) is -0.393. The Morgan fingerprint density at radius 2 is 2.09 bits per heavy atom. The minimum Gasteiger partial charge on any atom is -0.469 e. The first kappa shape index (κ1) is 16.6. The fraction of sp³-hybridized carbons (Fsp3) is 0.400. The molecule has 0 aliphatic carbocycles. The van der Waals surface area contributed by atoms with Gasteiger partial charge in [0.2, 0.25) is 0 Å². The number of thiazole rings is 1. The number of ether oxygens (including phenoxy) is 1. The summed E-state index contributed by atoms with van der Waals surface area (Å²) < 4.78 is 4.56. The number of unbranched alkanes of at least 4 members (excludes halogenated alkanes) is 1. The number of rotatable bonds is 7. The van der Waals surface area contributed by atoms with Crippen LogP contribution in [0.2, 0.25) is 0 Å².